The van der Waals surface area contributed by atoms with E-state index in [9.17, 15) is 0 Å². The predicted octanol–water partition coefficient (Wildman–Crippen LogP) is 2.39. The normalized spacial score (nSPS) is 11.1. The number of nitrogen functional groups attached to an aromatic ring is 1. The Bertz CT molecular complexity index is 560. The number of anilines is 1. The summed E-state index contributed by atoms with van der Waals surface area (Å²) in [5.74, 6) is 0. The van der Waals surface area contributed by atoms with E-state index < -0.39 is 0 Å². The van der Waals surface area contributed by atoms with Crippen LogP contribution in [0.2, 0.25) is 0 Å². The predicted molar refractivity (Wildman–Crippen MR) is 83.1 cm³/mol. The number of nitrogens with zero attached hydrogens (tertiary/aromatic N) is 1. The molecule has 0 amide bonds. The van der Waals surface area contributed by atoms with E-state index in [1.54, 1.807) is 13.3 Å². The Hall–Kier alpha value is -1.69. The number of aromatic nitrogens is 1. The number of fused-ring (bicyclic) bond motifs is 1. The lowest BCUT2D eigenvalue weighted by molar-refractivity contribution is 0.0485. The molecule has 0 spiro atoms. The maximum absolute atomic E-state index is 5.95. The molecule has 2 aromatic rings. The lowest BCUT2D eigenvalue weighted by atomic mass is 10.1. The molecule has 0 bridgehead atoms. The fourth-order valence-electron chi connectivity index (χ4n) is 2.06. The van der Waals surface area contributed by atoms with E-state index in [1.807, 2.05) is 24.3 Å². The summed E-state index contributed by atoms with van der Waals surface area (Å²) in [6.07, 6.45) is 2.64. The molecule has 5 heteroatoms. The van der Waals surface area contributed by atoms with Crippen molar-refractivity contribution in [1.29, 1.82) is 0 Å². The Morgan fingerprint density at radius 1 is 1.05 bits per heavy atom. The second kappa shape index (κ2) is 8.56. The van der Waals surface area contributed by atoms with Crippen molar-refractivity contribution in [2.24, 2.45) is 0 Å². The van der Waals surface area contributed by atoms with Gasteiger partial charge in [0.05, 0.1) is 25.3 Å². The van der Waals surface area contributed by atoms with Gasteiger partial charge in [0.1, 0.15) is 0 Å². The van der Waals surface area contributed by atoms with Crippen molar-refractivity contribution in [2.75, 3.05) is 39.3 Å². The largest absolute Gasteiger partial charge is 0.398 e. The highest BCUT2D eigenvalue weighted by Gasteiger charge is 2.05. The number of benzene rings is 1. The quantitative estimate of drug-likeness (QED) is 0.567. The number of nitrogens with two attached hydrogens (primary N) is 1. The molecule has 0 saturated carbocycles. The lowest BCUT2D eigenvalue weighted by Gasteiger charge is -2.09. The average Bonchev–Trinajstić information content (AvgIpc) is 2.52. The minimum absolute atomic E-state index is 0.534. The molecule has 1 heterocycles. The van der Waals surface area contributed by atoms with Crippen LogP contribution in [-0.2, 0) is 20.8 Å². The minimum atomic E-state index is 0.534. The van der Waals surface area contributed by atoms with E-state index in [0.29, 0.717) is 33.0 Å². The van der Waals surface area contributed by atoms with Crippen molar-refractivity contribution in [3.63, 3.8) is 0 Å². The van der Waals surface area contributed by atoms with Crippen LogP contribution >= 0.6 is 0 Å². The Morgan fingerprint density at radius 2 is 1.90 bits per heavy atom. The zero-order valence-corrected chi connectivity index (χ0v) is 12.4. The first-order valence-corrected chi connectivity index (χ1v) is 7.09. The smallest absolute Gasteiger partial charge is 0.0777 e. The van der Waals surface area contributed by atoms with Crippen LogP contribution in [0.25, 0.3) is 10.9 Å². The summed E-state index contributed by atoms with van der Waals surface area (Å²) in [4.78, 5) is 4.39. The van der Waals surface area contributed by atoms with Gasteiger partial charge in [-0.3, -0.25) is 4.98 Å². The summed E-state index contributed by atoms with van der Waals surface area (Å²) < 4.78 is 16.0. The van der Waals surface area contributed by atoms with E-state index in [2.05, 4.69) is 4.98 Å². The van der Waals surface area contributed by atoms with Gasteiger partial charge >= 0.3 is 0 Å². The zero-order chi connectivity index (χ0) is 14.9. The highest BCUT2D eigenvalue weighted by molar-refractivity contribution is 5.92. The molecule has 21 heavy (non-hydrogen) atoms. The highest BCUT2D eigenvalue weighted by Crippen LogP contribution is 2.22. The number of pyridine rings is 1. The van der Waals surface area contributed by atoms with Crippen molar-refractivity contribution >= 4 is 16.6 Å². The first kappa shape index (κ1) is 15.7. The number of rotatable bonds is 9. The molecule has 0 atom stereocenters. The molecule has 2 N–H and O–H groups in total. The second-order valence-electron chi connectivity index (χ2n) is 4.72. The number of methoxy groups -OCH3 is 1. The molecule has 5 nitrogen and oxygen atoms in total. The molecule has 1 aromatic carbocycles. The third-order valence-corrected chi connectivity index (χ3v) is 3.15. The molecular weight excluding hydrogens is 268 g/mol. The molecule has 0 unspecified atom stereocenters. The second-order valence-corrected chi connectivity index (χ2v) is 4.72. The van der Waals surface area contributed by atoms with Gasteiger partial charge in [0, 0.05) is 43.2 Å². The highest BCUT2D eigenvalue weighted by atomic mass is 16.5. The molecule has 1 aromatic heterocycles. The summed E-state index contributed by atoms with van der Waals surface area (Å²) in [6.45, 7) is 3.13. The third kappa shape index (κ3) is 4.67. The zero-order valence-electron chi connectivity index (χ0n) is 12.4. The van der Waals surface area contributed by atoms with Gasteiger partial charge in [0.2, 0.25) is 0 Å². The molecule has 0 radical (unpaired) electrons. The average molecular weight is 290 g/mol. The Balaban J connectivity index is 1.78. The maximum Gasteiger partial charge on any atom is 0.0777 e. The van der Waals surface area contributed by atoms with Gasteiger partial charge in [-0.05, 0) is 24.6 Å². The standard InChI is InChI=1S/C16H22N2O3/c1-19-10-11-20-8-3-9-21-12-13-5-6-15(17)14-4-2-7-18-16(13)14/h2,4-7H,3,8-12,17H2,1H3. The first-order chi connectivity index (χ1) is 10.3. The molecule has 0 fully saturated rings. The monoisotopic (exact) mass is 290 g/mol. The van der Waals surface area contributed by atoms with E-state index in [4.69, 9.17) is 19.9 Å². The van der Waals surface area contributed by atoms with Gasteiger partial charge in [-0.15, -0.1) is 0 Å². The Kier molecular flexibility index (Phi) is 6.40. The van der Waals surface area contributed by atoms with Gasteiger partial charge in [0.25, 0.3) is 0 Å². The number of ether oxygens (including phenoxy) is 3. The van der Waals surface area contributed by atoms with E-state index in [1.165, 1.54) is 0 Å². The van der Waals surface area contributed by atoms with Crippen LogP contribution in [-0.4, -0.2) is 38.5 Å². The molecule has 0 aliphatic rings. The van der Waals surface area contributed by atoms with Crippen molar-refractivity contribution in [3.05, 3.63) is 36.0 Å². The maximum atomic E-state index is 5.95. The van der Waals surface area contributed by atoms with Gasteiger partial charge < -0.3 is 19.9 Å². The van der Waals surface area contributed by atoms with Crippen molar-refractivity contribution in [1.82, 2.24) is 4.98 Å². The van der Waals surface area contributed by atoms with Crippen molar-refractivity contribution in [2.45, 2.75) is 13.0 Å². The van der Waals surface area contributed by atoms with E-state index in [0.717, 1.165) is 28.6 Å². The molecule has 0 aliphatic heterocycles. The van der Waals surface area contributed by atoms with Gasteiger partial charge in [0.15, 0.2) is 0 Å². The first-order valence-electron chi connectivity index (χ1n) is 7.09. The van der Waals surface area contributed by atoms with Crippen LogP contribution < -0.4 is 5.73 Å². The molecule has 0 saturated heterocycles. The van der Waals surface area contributed by atoms with Crippen molar-refractivity contribution in [3.8, 4) is 0 Å². The fraction of sp³-hybridized carbons (Fsp3) is 0.438. The third-order valence-electron chi connectivity index (χ3n) is 3.15. The van der Waals surface area contributed by atoms with Crippen LogP contribution in [0, 0.1) is 0 Å². The van der Waals surface area contributed by atoms with Gasteiger partial charge in [-0.1, -0.05) is 6.07 Å². The van der Waals surface area contributed by atoms with E-state index >= 15 is 0 Å². The lowest BCUT2D eigenvalue weighted by Crippen LogP contribution is -2.06. The van der Waals surface area contributed by atoms with Crippen LogP contribution in [0.3, 0.4) is 0 Å². The summed E-state index contributed by atoms with van der Waals surface area (Å²) >= 11 is 0. The van der Waals surface area contributed by atoms with E-state index in [-0.39, 0.29) is 0 Å². The van der Waals surface area contributed by atoms with Gasteiger partial charge in [-0.25, -0.2) is 0 Å². The Labute approximate surface area is 125 Å². The SMILES string of the molecule is COCCOCCCOCc1ccc(N)c2cccnc12. The summed E-state index contributed by atoms with van der Waals surface area (Å²) in [7, 11) is 1.66. The Morgan fingerprint density at radius 3 is 2.76 bits per heavy atom. The number of hydrogen-bond acceptors (Lipinski definition) is 5. The number of hydrogen-bond donors (Lipinski definition) is 1. The van der Waals surface area contributed by atoms with Crippen LogP contribution in [0.15, 0.2) is 30.5 Å². The van der Waals surface area contributed by atoms with Crippen LogP contribution in [0.1, 0.15) is 12.0 Å². The fourth-order valence-corrected chi connectivity index (χ4v) is 2.06. The molecule has 0 aliphatic carbocycles. The van der Waals surface area contributed by atoms with Crippen LogP contribution in [0.4, 0.5) is 5.69 Å². The van der Waals surface area contributed by atoms with Gasteiger partial charge in [-0.2, -0.15) is 0 Å². The van der Waals surface area contributed by atoms with Crippen LogP contribution in [0.5, 0.6) is 0 Å². The molecule has 114 valence electrons. The molecule has 2 rings (SSSR count). The summed E-state index contributed by atoms with van der Waals surface area (Å²) in [6, 6.07) is 7.74. The summed E-state index contributed by atoms with van der Waals surface area (Å²) in [5.41, 5.74) is 8.66. The minimum Gasteiger partial charge on any atom is -0.398 e. The van der Waals surface area contributed by atoms with Crippen molar-refractivity contribution < 1.29 is 14.2 Å². The topological polar surface area (TPSA) is 66.6 Å². The summed E-state index contributed by atoms with van der Waals surface area (Å²) in [5, 5.41) is 0.974. The molecular formula is C16H22N2O3.